The first-order valence-corrected chi connectivity index (χ1v) is 8.88. The maximum absolute atomic E-state index is 12.7. The third-order valence-corrected chi connectivity index (χ3v) is 4.55. The van der Waals surface area contributed by atoms with Crippen LogP contribution in [-0.4, -0.2) is 53.7 Å². The van der Waals surface area contributed by atoms with Crippen molar-refractivity contribution in [3.63, 3.8) is 0 Å². The van der Waals surface area contributed by atoms with E-state index in [9.17, 15) is 9.59 Å². The molecule has 0 aliphatic heterocycles. The van der Waals surface area contributed by atoms with Crippen molar-refractivity contribution in [3.8, 4) is 0 Å². The molecule has 144 valence electrons. The molecule has 2 rings (SSSR count). The highest BCUT2D eigenvalue weighted by Crippen LogP contribution is 2.16. The Hall–Kier alpha value is -2.86. The number of benzene rings is 2. The second-order valence-corrected chi connectivity index (χ2v) is 6.86. The summed E-state index contributed by atoms with van der Waals surface area (Å²) in [4.78, 5) is 27.8. The zero-order valence-corrected chi connectivity index (χ0v) is 16.6. The maximum Gasteiger partial charge on any atom is 0.338 e. The van der Waals surface area contributed by atoms with Crippen LogP contribution in [0.25, 0.3) is 0 Å². The molecule has 2 N–H and O–H groups in total. The van der Waals surface area contributed by atoms with Gasteiger partial charge in [-0.3, -0.25) is 4.79 Å². The van der Waals surface area contributed by atoms with E-state index in [-0.39, 0.29) is 17.5 Å². The van der Waals surface area contributed by atoms with Crippen LogP contribution in [0.1, 0.15) is 32.3 Å². The summed E-state index contributed by atoms with van der Waals surface area (Å²) in [6.07, 6.45) is 0. The topological polar surface area (TPSA) is 63.1 Å². The van der Waals surface area contributed by atoms with Crippen molar-refractivity contribution in [2.24, 2.45) is 0 Å². The van der Waals surface area contributed by atoms with E-state index in [1.54, 1.807) is 24.3 Å². The van der Waals surface area contributed by atoms with Crippen molar-refractivity contribution >= 4 is 17.6 Å². The van der Waals surface area contributed by atoms with Crippen LogP contribution in [0, 0.1) is 0 Å². The second-order valence-electron chi connectivity index (χ2n) is 6.86. The molecular formula is C21H28N3O3+. The molecule has 1 atom stereocenters. The number of carbonyl (C=O) groups is 2. The molecule has 0 aliphatic rings. The first kappa shape index (κ1) is 20.5. The summed E-state index contributed by atoms with van der Waals surface area (Å²) in [7, 11) is 9.42. The minimum atomic E-state index is -0.519. The van der Waals surface area contributed by atoms with Gasteiger partial charge in [0.15, 0.2) is 0 Å². The quantitative estimate of drug-likeness (QED) is 0.718. The Labute approximate surface area is 160 Å². The first-order valence-electron chi connectivity index (χ1n) is 8.88. The molecule has 0 spiro atoms. The Kier molecular flexibility index (Phi) is 6.96. The number of hydrogen-bond acceptors (Lipinski definition) is 4. The van der Waals surface area contributed by atoms with Crippen molar-refractivity contribution in [1.82, 2.24) is 5.32 Å². The summed E-state index contributed by atoms with van der Waals surface area (Å²) in [5.41, 5.74) is 2.85. The molecule has 0 saturated carbocycles. The van der Waals surface area contributed by atoms with Crippen molar-refractivity contribution < 1.29 is 19.2 Å². The Morgan fingerprint density at radius 2 is 1.63 bits per heavy atom. The van der Waals surface area contributed by atoms with Gasteiger partial charge in [0, 0.05) is 25.3 Å². The summed E-state index contributed by atoms with van der Waals surface area (Å²) in [5.74, 6) is -0.804. The molecule has 2 aromatic rings. The molecule has 0 radical (unpaired) electrons. The van der Waals surface area contributed by atoms with Gasteiger partial charge in [-0.1, -0.05) is 24.3 Å². The number of methoxy groups -OCH3 is 1. The Morgan fingerprint density at radius 3 is 2.15 bits per heavy atom. The van der Waals surface area contributed by atoms with Crippen LogP contribution in [0.15, 0.2) is 48.5 Å². The van der Waals surface area contributed by atoms with E-state index in [1.807, 2.05) is 19.0 Å². The summed E-state index contributed by atoms with van der Waals surface area (Å²) >= 11 is 0. The predicted molar refractivity (Wildman–Crippen MR) is 106 cm³/mol. The van der Waals surface area contributed by atoms with E-state index in [4.69, 9.17) is 4.74 Å². The fourth-order valence-corrected chi connectivity index (χ4v) is 2.92. The number of nitrogens with zero attached hydrogens (tertiary/aromatic N) is 1. The smallest absolute Gasteiger partial charge is 0.338 e. The monoisotopic (exact) mass is 370 g/mol. The SMILES string of the molecule is COC(=O)c1ccccc1C(=O)NC[C@H](c1ccc(N(C)C)cc1)[NH+](C)C. The Balaban J connectivity index is 2.15. The van der Waals surface area contributed by atoms with Crippen LogP contribution in [0.3, 0.4) is 0 Å². The normalized spacial score (nSPS) is 11.8. The van der Waals surface area contributed by atoms with E-state index in [1.165, 1.54) is 12.0 Å². The molecule has 27 heavy (non-hydrogen) atoms. The fraction of sp³-hybridized carbons (Fsp3) is 0.333. The summed E-state index contributed by atoms with van der Waals surface area (Å²) in [5, 5.41) is 2.96. The lowest BCUT2D eigenvalue weighted by Crippen LogP contribution is -3.07. The standard InChI is InChI=1S/C21H27N3O3/c1-23(2)16-12-10-15(11-13-16)19(24(3)4)14-22-20(25)17-8-6-7-9-18(17)21(26)27-5/h6-13,19H,14H2,1-5H3,(H,22,25)/p+1/t19-/m1/s1. The average Bonchev–Trinajstić information content (AvgIpc) is 2.67. The van der Waals surface area contributed by atoms with Crippen LogP contribution in [-0.2, 0) is 4.74 Å². The predicted octanol–water partition coefficient (Wildman–Crippen LogP) is 1.15. The van der Waals surface area contributed by atoms with Gasteiger partial charge in [-0.05, 0) is 24.3 Å². The van der Waals surface area contributed by atoms with Crippen molar-refractivity contribution in [3.05, 3.63) is 65.2 Å². The lowest BCUT2D eigenvalue weighted by molar-refractivity contribution is -0.890. The number of ether oxygens (including phenoxy) is 1. The van der Waals surface area contributed by atoms with E-state index in [0.717, 1.165) is 11.3 Å². The lowest BCUT2D eigenvalue weighted by Gasteiger charge is -2.23. The molecule has 0 aromatic heterocycles. The zero-order valence-electron chi connectivity index (χ0n) is 16.6. The molecule has 0 aliphatic carbocycles. The summed E-state index contributed by atoms with van der Waals surface area (Å²) < 4.78 is 4.76. The Morgan fingerprint density at radius 1 is 1.04 bits per heavy atom. The van der Waals surface area contributed by atoms with Gasteiger partial charge in [0.2, 0.25) is 0 Å². The highest BCUT2D eigenvalue weighted by molar-refractivity contribution is 6.05. The number of quaternary nitrogens is 1. The molecule has 0 heterocycles. The molecule has 0 unspecified atom stereocenters. The number of amides is 1. The molecule has 6 heteroatoms. The van der Waals surface area contributed by atoms with Crippen LogP contribution in [0.5, 0.6) is 0 Å². The largest absolute Gasteiger partial charge is 0.465 e. The number of carbonyl (C=O) groups excluding carboxylic acids is 2. The minimum Gasteiger partial charge on any atom is -0.465 e. The van der Waals surface area contributed by atoms with Crippen LogP contribution in [0.2, 0.25) is 0 Å². The number of esters is 1. The van der Waals surface area contributed by atoms with Gasteiger partial charge in [0.1, 0.15) is 6.04 Å². The first-order chi connectivity index (χ1) is 12.8. The van der Waals surface area contributed by atoms with E-state index >= 15 is 0 Å². The third-order valence-electron chi connectivity index (χ3n) is 4.55. The van der Waals surface area contributed by atoms with E-state index in [2.05, 4.69) is 43.7 Å². The molecule has 2 aromatic carbocycles. The van der Waals surface area contributed by atoms with Crippen molar-refractivity contribution in [1.29, 1.82) is 0 Å². The van der Waals surface area contributed by atoms with E-state index < -0.39 is 5.97 Å². The number of nitrogens with one attached hydrogen (secondary N) is 2. The van der Waals surface area contributed by atoms with Crippen LogP contribution < -0.4 is 15.1 Å². The summed E-state index contributed by atoms with van der Waals surface area (Å²) in [6.45, 7) is 0.456. The van der Waals surface area contributed by atoms with Crippen LogP contribution >= 0.6 is 0 Å². The molecule has 6 nitrogen and oxygen atoms in total. The molecule has 1 amide bonds. The minimum absolute atomic E-state index is 0.0930. The van der Waals surface area contributed by atoms with Gasteiger partial charge in [-0.15, -0.1) is 0 Å². The van der Waals surface area contributed by atoms with Crippen molar-refractivity contribution in [2.75, 3.05) is 46.7 Å². The number of likely N-dealkylation sites (N-methyl/N-ethyl adjacent to an activating group) is 1. The average molecular weight is 370 g/mol. The lowest BCUT2D eigenvalue weighted by atomic mass is 10.0. The van der Waals surface area contributed by atoms with Gasteiger partial charge >= 0.3 is 5.97 Å². The highest BCUT2D eigenvalue weighted by Gasteiger charge is 2.21. The number of rotatable bonds is 7. The molecule has 0 saturated heterocycles. The Bertz CT molecular complexity index is 786. The maximum atomic E-state index is 12.7. The number of hydrogen-bond donors (Lipinski definition) is 2. The number of anilines is 1. The highest BCUT2D eigenvalue weighted by atomic mass is 16.5. The van der Waals surface area contributed by atoms with Gasteiger partial charge in [-0.25, -0.2) is 4.79 Å². The fourth-order valence-electron chi connectivity index (χ4n) is 2.92. The van der Waals surface area contributed by atoms with Gasteiger partial charge in [0.05, 0.1) is 38.9 Å². The van der Waals surface area contributed by atoms with Crippen LogP contribution in [0.4, 0.5) is 5.69 Å². The van der Waals surface area contributed by atoms with Gasteiger partial charge in [-0.2, -0.15) is 0 Å². The second kappa shape index (κ2) is 9.19. The third kappa shape index (κ3) is 5.08. The summed E-state index contributed by atoms with van der Waals surface area (Å²) in [6, 6.07) is 15.1. The van der Waals surface area contributed by atoms with Gasteiger partial charge in [0.25, 0.3) is 5.91 Å². The van der Waals surface area contributed by atoms with Gasteiger partial charge < -0.3 is 19.9 Å². The molecule has 0 bridgehead atoms. The molecule has 0 fully saturated rings. The van der Waals surface area contributed by atoms with E-state index in [0.29, 0.717) is 12.1 Å². The molecular weight excluding hydrogens is 342 g/mol. The van der Waals surface area contributed by atoms with Crippen molar-refractivity contribution in [2.45, 2.75) is 6.04 Å². The zero-order chi connectivity index (χ0) is 20.0.